The molecule has 1 aliphatic heterocycles. The van der Waals surface area contributed by atoms with Crippen LogP contribution < -0.4 is 5.32 Å². The molecular weight excluding hydrogens is 342 g/mol. The number of halogens is 1. The van der Waals surface area contributed by atoms with Crippen LogP contribution in [-0.2, 0) is 9.59 Å². The molecule has 1 saturated heterocycles. The van der Waals surface area contributed by atoms with Crippen molar-refractivity contribution < 1.29 is 14.4 Å². The van der Waals surface area contributed by atoms with Gasteiger partial charge in [0.2, 0.25) is 11.8 Å². The maximum atomic E-state index is 12.7. The number of hydrogen-bond donors (Lipinski definition) is 1. The molecule has 0 aromatic heterocycles. The zero-order valence-electron chi connectivity index (χ0n) is 15.0. The third kappa shape index (κ3) is 4.31. The van der Waals surface area contributed by atoms with Gasteiger partial charge in [0.15, 0.2) is 0 Å². The van der Waals surface area contributed by atoms with Crippen molar-refractivity contribution in [2.45, 2.75) is 32.7 Å². The number of nitrogens with one attached hydrogen (secondary N) is 1. The molecule has 0 saturated carbocycles. The van der Waals surface area contributed by atoms with Crippen molar-refractivity contribution in [2.75, 3.05) is 26.0 Å². The van der Waals surface area contributed by atoms with Gasteiger partial charge in [0, 0.05) is 32.7 Å². The third-order valence-electron chi connectivity index (χ3n) is 4.22. The molecule has 0 spiro atoms. The van der Waals surface area contributed by atoms with Crippen LogP contribution in [0.1, 0.15) is 37.0 Å². The van der Waals surface area contributed by atoms with Crippen LogP contribution in [0, 0.1) is 5.92 Å². The van der Waals surface area contributed by atoms with Gasteiger partial charge in [0.1, 0.15) is 6.04 Å². The van der Waals surface area contributed by atoms with Gasteiger partial charge in [0.05, 0.1) is 10.6 Å². The lowest BCUT2D eigenvalue weighted by molar-refractivity contribution is -0.136. The summed E-state index contributed by atoms with van der Waals surface area (Å²) < 4.78 is 0. The minimum atomic E-state index is -0.517. The van der Waals surface area contributed by atoms with Crippen LogP contribution >= 0.6 is 11.6 Å². The van der Waals surface area contributed by atoms with E-state index in [2.05, 4.69) is 5.32 Å². The first kappa shape index (κ1) is 19.2. The zero-order valence-corrected chi connectivity index (χ0v) is 15.8. The maximum Gasteiger partial charge on any atom is 0.254 e. The lowest BCUT2D eigenvalue weighted by Gasteiger charge is -2.29. The van der Waals surface area contributed by atoms with Gasteiger partial charge >= 0.3 is 0 Å². The molecule has 0 bridgehead atoms. The average Bonchev–Trinajstić information content (AvgIpc) is 2.92. The second-order valence-corrected chi connectivity index (χ2v) is 7.17. The molecule has 1 unspecified atom stereocenters. The number of hydrogen-bond acceptors (Lipinski definition) is 3. The van der Waals surface area contributed by atoms with Crippen LogP contribution in [0.25, 0.3) is 0 Å². The van der Waals surface area contributed by atoms with Crippen LogP contribution in [0.5, 0.6) is 0 Å². The summed E-state index contributed by atoms with van der Waals surface area (Å²) in [5.41, 5.74) is 0.877. The molecule has 136 valence electrons. The zero-order chi connectivity index (χ0) is 18.7. The summed E-state index contributed by atoms with van der Waals surface area (Å²) in [4.78, 5) is 39.8. The molecule has 1 aromatic rings. The number of nitrogens with zero attached hydrogens (tertiary/aromatic N) is 2. The van der Waals surface area contributed by atoms with Gasteiger partial charge in [-0.1, -0.05) is 25.4 Å². The number of carbonyl (C=O) groups excluding carboxylic acids is 3. The Labute approximate surface area is 153 Å². The molecule has 1 aliphatic rings. The van der Waals surface area contributed by atoms with Crippen molar-refractivity contribution in [3.8, 4) is 0 Å². The van der Waals surface area contributed by atoms with E-state index in [1.807, 2.05) is 13.8 Å². The Bertz CT molecular complexity index is 688. The van der Waals surface area contributed by atoms with E-state index in [0.717, 1.165) is 6.42 Å². The molecule has 1 N–H and O–H groups in total. The average molecular weight is 366 g/mol. The molecular formula is C18H24ClN3O3. The predicted octanol–water partition coefficient (Wildman–Crippen LogP) is 2.63. The summed E-state index contributed by atoms with van der Waals surface area (Å²) in [5, 5.41) is 3.09. The van der Waals surface area contributed by atoms with Gasteiger partial charge < -0.3 is 15.1 Å². The van der Waals surface area contributed by atoms with E-state index in [1.165, 1.54) is 4.90 Å². The molecule has 7 heteroatoms. The van der Waals surface area contributed by atoms with Gasteiger partial charge in [-0.05, 0) is 30.5 Å². The largest absolute Gasteiger partial charge is 0.345 e. The van der Waals surface area contributed by atoms with Gasteiger partial charge in [-0.15, -0.1) is 0 Å². The SMILES string of the molecule is CC(C)C(C(=O)Nc1ccc(C(=O)N(C)C)c(Cl)c1)N1CCCC1=O. The maximum absolute atomic E-state index is 12.7. The molecule has 6 nitrogen and oxygen atoms in total. The van der Waals surface area contributed by atoms with Crippen molar-refractivity contribution in [3.63, 3.8) is 0 Å². The summed E-state index contributed by atoms with van der Waals surface area (Å²) in [5.74, 6) is -0.440. The summed E-state index contributed by atoms with van der Waals surface area (Å²) in [6, 6.07) is 4.27. The monoisotopic (exact) mass is 365 g/mol. The summed E-state index contributed by atoms with van der Waals surface area (Å²) in [7, 11) is 3.29. The van der Waals surface area contributed by atoms with E-state index in [-0.39, 0.29) is 28.7 Å². The highest BCUT2D eigenvalue weighted by Gasteiger charge is 2.35. The van der Waals surface area contributed by atoms with Gasteiger partial charge in [-0.25, -0.2) is 0 Å². The van der Waals surface area contributed by atoms with Crippen molar-refractivity contribution in [1.82, 2.24) is 9.80 Å². The fourth-order valence-corrected chi connectivity index (χ4v) is 3.25. The normalized spacial score (nSPS) is 15.4. The van der Waals surface area contributed by atoms with Crippen LogP contribution in [0.2, 0.25) is 5.02 Å². The molecule has 1 atom stereocenters. The van der Waals surface area contributed by atoms with E-state index in [9.17, 15) is 14.4 Å². The Hall–Kier alpha value is -2.08. The van der Waals surface area contributed by atoms with Gasteiger partial charge in [0.25, 0.3) is 5.91 Å². The molecule has 2 rings (SSSR count). The number of rotatable bonds is 5. The second-order valence-electron chi connectivity index (χ2n) is 6.76. The van der Waals surface area contributed by atoms with E-state index in [4.69, 9.17) is 11.6 Å². The Kier molecular flexibility index (Phi) is 6.06. The molecule has 1 fully saturated rings. The Morgan fingerprint density at radius 3 is 2.44 bits per heavy atom. The van der Waals surface area contributed by atoms with E-state index in [0.29, 0.717) is 24.2 Å². The van der Waals surface area contributed by atoms with Gasteiger partial charge in [-0.3, -0.25) is 14.4 Å². The lowest BCUT2D eigenvalue weighted by atomic mass is 10.0. The highest BCUT2D eigenvalue weighted by atomic mass is 35.5. The molecule has 1 aromatic carbocycles. The topological polar surface area (TPSA) is 69.7 Å². The number of anilines is 1. The summed E-state index contributed by atoms with van der Waals surface area (Å²) in [6.07, 6.45) is 1.27. The first-order chi connectivity index (χ1) is 11.7. The van der Waals surface area contributed by atoms with Crippen molar-refractivity contribution >= 4 is 35.0 Å². The highest BCUT2D eigenvalue weighted by molar-refractivity contribution is 6.34. The number of carbonyl (C=O) groups is 3. The smallest absolute Gasteiger partial charge is 0.254 e. The molecule has 1 heterocycles. The number of benzene rings is 1. The minimum absolute atomic E-state index is 0.00730. The second kappa shape index (κ2) is 7.87. The van der Waals surface area contributed by atoms with Crippen molar-refractivity contribution in [1.29, 1.82) is 0 Å². The van der Waals surface area contributed by atoms with Crippen LogP contribution in [-0.4, -0.2) is 54.2 Å². The standard InChI is InChI=1S/C18H24ClN3O3/c1-11(2)16(22-9-5-6-15(22)23)17(24)20-12-7-8-13(14(19)10-12)18(25)21(3)4/h7-8,10-11,16H,5-6,9H2,1-4H3,(H,20,24). The molecule has 0 aliphatic carbocycles. The Morgan fingerprint density at radius 2 is 1.96 bits per heavy atom. The Morgan fingerprint density at radius 1 is 1.28 bits per heavy atom. The predicted molar refractivity (Wildman–Crippen MR) is 97.7 cm³/mol. The van der Waals surface area contributed by atoms with Crippen LogP contribution in [0.4, 0.5) is 5.69 Å². The third-order valence-corrected chi connectivity index (χ3v) is 4.53. The number of amides is 3. The molecule has 3 amide bonds. The van der Waals surface area contributed by atoms with Crippen LogP contribution in [0.3, 0.4) is 0 Å². The van der Waals surface area contributed by atoms with Crippen molar-refractivity contribution in [3.05, 3.63) is 28.8 Å². The quantitative estimate of drug-likeness (QED) is 0.872. The van der Waals surface area contributed by atoms with Gasteiger partial charge in [-0.2, -0.15) is 0 Å². The summed E-state index contributed by atoms with van der Waals surface area (Å²) in [6.45, 7) is 4.44. The van der Waals surface area contributed by atoms with E-state index in [1.54, 1.807) is 37.2 Å². The lowest BCUT2D eigenvalue weighted by Crippen LogP contribution is -2.47. The molecule has 25 heavy (non-hydrogen) atoms. The fraction of sp³-hybridized carbons (Fsp3) is 0.500. The highest BCUT2D eigenvalue weighted by Crippen LogP contribution is 2.24. The fourth-order valence-electron chi connectivity index (χ4n) is 2.99. The Balaban J connectivity index is 2.17. The summed E-state index contributed by atoms with van der Waals surface area (Å²) >= 11 is 6.18. The van der Waals surface area contributed by atoms with Crippen LogP contribution in [0.15, 0.2) is 18.2 Å². The first-order valence-corrected chi connectivity index (χ1v) is 8.71. The van der Waals surface area contributed by atoms with E-state index < -0.39 is 6.04 Å². The van der Waals surface area contributed by atoms with Crippen molar-refractivity contribution in [2.24, 2.45) is 5.92 Å². The van der Waals surface area contributed by atoms with E-state index >= 15 is 0 Å². The minimum Gasteiger partial charge on any atom is -0.345 e. The number of likely N-dealkylation sites (tertiary alicyclic amines) is 1. The first-order valence-electron chi connectivity index (χ1n) is 8.34. The molecule has 0 radical (unpaired) electrons.